The predicted octanol–water partition coefficient (Wildman–Crippen LogP) is 4.18. The van der Waals surface area contributed by atoms with Gasteiger partial charge < -0.3 is 5.32 Å². The SMILES string of the molecule is CCN(CC)S(=O)(=O)c1cc(C(=O)Nc2cc(C)nn2Cc2ccccc2)ccc1Cl. The first-order valence-corrected chi connectivity index (χ1v) is 11.8. The lowest BCUT2D eigenvalue weighted by Gasteiger charge is -2.19. The van der Waals surface area contributed by atoms with E-state index in [0.29, 0.717) is 25.5 Å². The summed E-state index contributed by atoms with van der Waals surface area (Å²) in [5, 5.41) is 7.36. The molecule has 0 saturated carbocycles. The Morgan fingerprint density at radius 2 is 1.77 bits per heavy atom. The number of hydrogen-bond donors (Lipinski definition) is 1. The molecule has 7 nitrogen and oxygen atoms in total. The smallest absolute Gasteiger partial charge is 0.256 e. The van der Waals surface area contributed by atoms with Crippen molar-refractivity contribution in [2.45, 2.75) is 32.2 Å². The first kappa shape index (κ1) is 23.0. The first-order valence-electron chi connectivity index (χ1n) is 9.95. The highest BCUT2D eigenvalue weighted by atomic mass is 35.5. The molecule has 1 amide bonds. The van der Waals surface area contributed by atoms with Crippen LogP contribution in [0.2, 0.25) is 5.02 Å². The van der Waals surface area contributed by atoms with Crippen LogP contribution in [0.4, 0.5) is 5.82 Å². The molecule has 0 fully saturated rings. The van der Waals surface area contributed by atoms with Gasteiger partial charge in [-0.25, -0.2) is 13.1 Å². The molecule has 0 saturated heterocycles. The van der Waals surface area contributed by atoms with Gasteiger partial charge >= 0.3 is 0 Å². The van der Waals surface area contributed by atoms with E-state index in [1.54, 1.807) is 24.6 Å². The molecule has 164 valence electrons. The highest BCUT2D eigenvalue weighted by molar-refractivity contribution is 7.89. The number of nitrogens with one attached hydrogen (secondary N) is 1. The summed E-state index contributed by atoms with van der Waals surface area (Å²) in [5.41, 5.74) is 1.99. The summed E-state index contributed by atoms with van der Waals surface area (Å²) in [6.07, 6.45) is 0. The van der Waals surface area contributed by atoms with Gasteiger partial charge in [0, 0.05) is 24.7 Å². The van der Waals surface area contributed by atoms with E-state index in [9.17, 15) is 13.2 Å². The number of anilines is 1. The minimum atomic E-state index is -3.80. The molecule has 0 aliphatic heterocycles. The van der Waals surface area contributed by atoms with E-state index < -0.39 is 15.9 Å². The van der Waals surface area contributed by atoms with Gasteiger partial charge in [-0.15, -0.1) is 0 Å². The molecule has 0 radical (unpaired) electrons. The topological polar surface area (TPSA) is 84.3 Å². The summed E-state index contributed by atoms with van der Waals surface area (Å²) in [4.78, 5) is 12.8. The third kappa shape index (κ3) is 5.15. The Balaban J connectivity index is 1.88. The summed E-state index contributed by atoms with van der Waals surface area (Å²) in [6, 6.07) is 15.8. The number of carbonyl (C=O) groups excluding carboxylic acids is 1. The fourth-order valence-corrected chi connectivity index (χ4v) is 5.21. The van der Waals surface area contributed by atoms with Crippen LogP contribution in [0, 0.1) is 6.92 Å². The Bertz CT molecular complexity index is 1170. The molecule has 0 aliphatic carbocycles. The number of rotatable bonds is 8. The highest BCUT2D eigenvalue weighted by Crippen LogP contribution is 2.26. The van der Waals surface area contributed by atoms with E-state index in [4.69, 9.17) is 11.6 Å². The van der Waals surface area contributed by atoms with Crippen molar-refractivity contribution >= 4 is 33.3 Å². The summed E-state index contributed by atoms with van der Waals surface area (Å²) in [6.45, 7) is 6.46. The van der Waals surface area contributed by atoms with Gasteiger partial charge in [-0.3, -0.25) is 4.79 Å². The van der Waals surface area contributed by atoms with E-state index in [1.165, 1.54) is 22.5 Å². The normalized spacial score (nSPS) is 11.6. The van der Waals surface area contributed by atoms with Crippen LogP contribution in [0.3, 0.4) is 0 Å². The maximum absolute atomic E-state index is 12.9. The van der Waals surface area contributed by atoms with Crippen LogP contribution in [0.25, 0.3) is 0 Å². The van der Waals surface area contributed by atoms with Crippen molar-refractivity contribution in [2.75, 3.05) is 18.4 Å². The average molecular weight is 461 g/mol. The molecule has 3 rings (SSSR count). The lowest BCUT2D eigenvalue weighted by Crippen LogP contribution is -2.31. The van der Waals surface area contributed by atoms with E-state index >= 15 is 0 Å². The van der Waals surface area contributed by atoms with Crippen molar-refractivity contribution < 1.29 is 13.2 Å². The zero-order valence-electron chi connectivity index (χ0n) is 17.7. The molecule has 0 bridgehead atoms. The van der Waals surface area contributed by atoms with Gasteiger partial charge in [-0.05, 0) is 30.7 Å². The number of sulfonamides is 1. The van der Waals surface area contributed by atoms with Gasteiger partial charge in [0.2, 0.25) is 10.0 Å². The summed E-state index contributed by atoms with van der Waals surface area (Å²) >= 11 is 6.17. The molecular formula is C22H25ClN4O3S. The lowest BCUT2D eigenvalue weighted by atomic mass is 10.2. The van der Waals surface area contributed by atoms with E-state index in [1.807, 2.05) is 37.3 Å². The van der Waals surface area contributed by atoms with Gasteiger partial charge in [0.15, 0.2) is 0 Å². The number of amides is 1. The van der Waals surface area contributed by atoms with Crippen molar-refractivity contribution in [1.82, 2.24) is 14.1 Å². The second-order valence-corrected chi connectivity index (χ2v) is 9.32. The van der Waals surface area contributed by atoms with Crippen molar-refractivity contribution in [3.05, 3.63) is 76.4 Å². The first-order chi connectivity index (χ1) is 14.8. The number of nitrogens with zero attached hydrogens (tertiary/aromatic N) is 3. The molecular weight excluding hydrogens is 436 g/mol. The molecule has 1 N–H and O–H groups in total. The van der Waals surface area contributed by atoms with Crippen molar-refractivity contribution in [3.8, 4) is 0 Å². The van der Waals surface area contributed by atoms with Crippen LogP contribution in [-0.2, 0) is 16.6 Å². The third-order valence-corrected chi connectivity index (χ3v) is 7.37. The van der Waals surface area contributed by atoms with Gasteiger partial charge in [-0.1, -0.05) is 55.8 Å². The number of hydrogen-bond acceptors (Lipinski definition) is 4. The molecule has 1 heterocycles. The molecule has 0 unspecified atom stereocenters. The van der Waals surface area contributed by atoms with Crippen molar-refractivity contribution in [3.63, 3.8) is 0 Å². The van der Waals surface area contributed by atoms with Crippen molar-refractivity contribution in [2.24, 2.45) is 0 Å². The molecule has 0 atom stereocenters. The molecule has 0 aliphatic rings. The number of benzene rings is 2. The van der Waals surface area contributed by atoms with E-state index in [-0.39, 0.29) is 15.5 Å². The quantitative estimate of drug-likeness (QED) is 0.546. The fourth-order valence-electron chi connectivity index (χ4n) is 3.26. The Morgan fingerprint density at radius 3 is 2.42 bits per heavy atom. The maximum atomic E-state index is 12.9. The lowest BCUT2D eigenvalue weighted by molar-refractivity contribution is 0.102. The maximum Gasteiger partial charge on any atom is 0.256 e. The zero-order chi connectivity index (χ0) is 22.6. The van der Waals surface area contributed by atoms with Gasteiger partial charge in [0.1, 0.15) is 10.7 Å². The Hall–Kier alpha value is -2.68. The van der Waals surface area contributed by atoms with E-state index in [2.05, 4.69) is 10.4 Å². The van der Waals surface area contributed by atoms with Gasteiger partial charge in [-0.2, -0.15) is 9.40 Å². The fraction of sp³-hybridized carbons (Fsp3) is 0.273. The third-order valence-electron chi connectivity index (χ3n) is 4.84. The Labute approximate surface area is 187 Å². The Morgan fingerprint density at radius 1 is 1.10 bits per heavy atom. The minimum absolute atomic E-state index is 0.0772. The molecule has 0 spiro atoms. The molecule has 31 heavy (non-hydrogen) atoms. The number of aromatic nitrogens is 2. The van der Waals surface area contributed by atoms with Crippen molar-refractivity contribution in [1.29, 1.82) is 0 Å². The molecule has 9 heteroatoms. The van der Waals surface area contributed by atoms with Crippen LogP contribution in [0.1, 0.15) is 35.5 Å². The zero-order valence-corrected chi connectivity index (χ0v) is 19.2. The minimum Gasteiger partial charge on any atom is -0.307 e. The van der Waals surface area contributed by atoms with Crippen LogP contribution >= 0.6 is 11.6 Å². The molecule has 3 aromatic rings. The molecule has 1 aromatic heterocycles. The summed E-state index contributed by atoms with van der Waals surface area (Å²) < 4.78 is 28.8. The second-order valence-electron chi connectivity index (χ2n) is 7.00. The molecule has 2 aromatic carbocycles. The standard InChI is InChI=1S/C22H25ClN4O3S/c1-4-26(5-2)31(29,30)20-14-18(11-12-19(20)23)22(28)24-21-13-16(3)25-27(21)15-17-9-7-6-8-10-17/h6-14H,4-5,15H2,1-3H3,(H,24,28). The second kappa shape index (κ2) is 9.64. The van der Waals surface area contributed by atoms with Gasteiger partial charge in [0.05, 0.1) is 17.3 Å². The monoisotopic (exact) mass is 460 g/mol. The number of carbonyl (C=O) groups is 1. The summed E-state index contributed by atoms with van der Waals surface area (Å²) in [7, 11) is -3.80. The Kier molecular flexibility index (Phi) is 7.15. The number of halogens is 1. The largest absolute Gasteiger partial charge is 0.307 e. The average Bonchev–Trinajstić information content (AvgIpc) is 3.08. The number of aryl methyl sites for hydroxylation is 1. The van der Waals surface area contributed by atoms with Crippen LogP contribution < -0.4 is 5.32 Å². The summed E-state index contributed by atoms with van der Waals surface area (Å²) in [5.74, 6) is 0.0799. The van der Waals surface area contributed by atoms with Crippen LogP contribution in [0.15, 0.2) is 59.5 Å². The predicted molar refractivity (Wildman–Crippen MR) is 122 cm³/mol. The highest BCUT2D eigenvalue weighted by Gasteiger charge is 2.25. The van der Waals surface area contributed by atoms with Crippen LogP contribution in [-0.4, -0.2) is 41.5 Å². The van der Waals surface area contributed by atoms with Gasteiger partial charge in [0.25, 0.3) is 5.91 Å². The van der Waals surface area contributed by atoms with Crippen LogP contribution in [0.5, 0.6) is 0 Å². The van der Waals surface area contributed by atoms with E-state index in [0.717, 1.165) is 11.3 Å².